The number of hydrogen-bond donors (Lipinski definition) is 3. The molecule has 1 aliphatic rings. The van der Waals surface area contributed by atoms with Crippen molar-refractivity contribution in [3.63, 3.8) is 0 Å². The van der Waals surface area contributed by atoms with Crippen molar-refractivity contribution in [2.75, 3.05) is 6.61 Å². The van der Waals surface area contributed by atoms with Gasteiger partial charge in [-0.1, -0.05) is 6.92 Å². The minimum atomic E-state index is -0.807. The van der Waals surface area contributed by atoms with Crippen LogP contribution in [0, 0.1) is 11.8 Å². The number of rotatable bonds is 6. The van der Waals surface area contributed by atoms with Crippen molar-refractivity contribution in [1.29, 1.82) is 0 Å². The quantitative estimate of drug-likeness (QED) is 0.666. The van der Waals surface area contributed by atoms with Gasteiger partial charge in [0.25, 0.3) is 0 Å². The first-order valence-corrected chi connectivity index (χ1v) is 6.57. The molecule has 5 heteroatoms. The molecule has 0 aliphatic heterocycles. The van der Waals surface area contributed by atoms with Gasteiger partial charge in [0, 0.05) is 18.1 Å². The molecular formula is C13H23NO4. The zero-order chi connectivity index (χ0) is 13.8. The van der Waals surface area contributed by atoms with Gasteiger partial charge in [-0.3, -0.25) is 9.59 Å². The Morgan fingerprint density at radius 2 is 1.94 bits per heavy atom. The van der Waals surface area contributed by atoms with Crippen molar-refractivity contribution < 1.29 is 19.8 Å². The van der Waals surface area contributed by atoms with Crippen LogP contribution in [0.2, 0.25) is 0 Å². The molecular weight excluding hydrogens is 234 g/mol. The van der Waals surface area contributed by atoms with E-state index < -0.39 is 11.5 Å². The van der Waals surface area contributed by atoms with Gasteiger partial charge in [-0.25, -0.2) is 0 Å². The van der Waals surface area contributed by atoms with Gasteiger partial charge >= 0.3 is 5.97 Å². The van der Waals surface area contributed by atoms with Gasteiger partial charge < -0.3 is 15.5 Å². The van der Waals surface area contributed by atoms with E-state index in [9.17, 15) is 9.59 Å². The number of aliphatic carboxylic acids is 1. The van der Waals surface area contributed by atoms with Gasteiger partial charge in [-0.05, 0) is 39.0 Å². The van der Waals surface area contributed by atoms with E-state index in [1.165, 1.54) is 0 Å². The predicted octanol–water partition coefficient (Wildman–Crippen LogP) is 1.15. The smallest absolute Gasteiger partial charge is 0.306 e. The Kier molecular flexibility index (Phi) is 5.14. The van der Waals surface area contributed by atoms with Gasteiger partial charge in [-0.15, -0.1) is 0 Å². The lowest BCUT2D eigenvalue weighted by Gasteiger charge is -2.30. The third-order valence-corrected chi connectivity index (χ3v) is 4.02. The summed E-state index contributed by atoms with van der Waals surface area (Å²) in [5, 5.41) is 20.9. The molecule has 3 unspecified atom stereocenters. The Morgan fingerprint density at radius 1 is 1.33 bits per heavy atom. The maximum absolute atomic E-state index is 12.1. The van der Waals surface area contributed by atoms with Crippen LogP contribution in [-0.2, 0) is 9.59 Å². The summed E-state index contributed by atoms with van der Waals surface area (Å²) < 4.78 is 0. The fourth-order valence-electron chi connectivity index (χ4n) is 2.42. The standard InChI is InChI=1S/C13H23NO4/c1-3-13(2,6-7-15)14-11(16)9-4-5-10(8-9)12(17)18/h9-10,15H,3-8H2,1-2H3,(H,14,16)(H,17,18). The Hall–Kier alpha value is -1.10. The third-order valence-electron chi connectivity index (χ3n) is 4.02. The highest BCUT2D eigenvalue weighted by Crippen LogP contribution is 2.31. The minimum absolute atomic E-state index is 0.0348. The number of aliphatic hydroxyl groups is 1. The van der Waals surface area contributed by atoms with Crippen molar-refractivity contribution in [1.82, 2.24) is 5.32 Å². The first-order valence-electron chi connectivity index (χ1n) is 6.57. The molecule has 0 aromatic heterocycles. The van der Waals surface area contributed by atoms with Crippen molar-refractivity contribution in [3.05, 3.63) is 0 Å². The second-order valence-electron chi connectivity index (χ2n) is 5.42. The van der Waals surface area contributed by atoms with E-state index in [4.69, 9.17) is 10.2 Å². The number of carboxylic acids is 1. The predicted molar refractivity (Wildman–Crippen MR) is 67.0 cm³/mol. The molecule has 1 saturated carbocycles. The molecule has 5 nitrogen and oxygen atoms in total. The van der Waals surface area contributed by atoms with E-state index in [-0.39, 0.29) is 24.3 Å². The van der Waals surface area contributed by atoms with Crippen LogP contribution in [0.25, 0.3) is 0 Å². The van der Waals surface area contributed by atoms with E-state index >= 15 is 0 Å². The first-order chi connectivity index (χ1) is 8.41. The summed E-state index contributed by atoms with van der Waals surface area (Å²) >= 11 is 0. The van der Waals surface area contributed by atoms with Crippen LogP contribution >= 0.6 is 0 Å². The van der Waals surface area contributed by atoms with E-state index in [2.05, 4.69) is 5.32 Å². The Morgan fingerprint density at radius 3 is 2.39 bits per heavy atom. The summed E-state index contributed by atoms with van der Waals surface area (Å²) in [6.45, 7) is 3.91. The fraction of sp³-hybridized carbons (Fsp3) is 0.846. The summed E-state index contributed by atoms with van der Waals surface area (Å²) in [7, 11) is 0. The van der Waals surface area contributed by atoms with Crippen LogP contribution in [0.4, 0.5) is 0 Å². The number of carbonyl (C=O) groups excluding carboxylic acids is 1. The van der Waals surface area contributed by atoms with E-state index in [1.54, 1.807) is 0 Å². The van der Waals surface area contributed by atoms with Crippen molar-refractivity contribution in [2.24, 2.45) is 11.8 Å². The lowest BCUT2D eigenvalue weighted by molar-refractivity contribution is -0.141. The molecule has 18 heavy (non-hydrogen) atoms. The molecule has 0 heterocycles. The molecule has 0 radical (unpaired) electrons. The fourth-order valence-corrected chi connectivity index (χ4v) is 2.42. The Bertz CT molecular complexity index is 318. The molecule has 104 valence electrons. The molecule has 1 amide bonds. The number of aliphatic hydroxyl groups excluding tert-OH is 1. The van der Waals surface area contributed by atoms with Crippen LogP contribution < -0.4 is 5.32 Å². The largest absolute Gasteiger partial charge is 0.481 e. The Balaban J connectivity index is 2.53. The summed E-state index contributed by atoms with van der Waals surface area (Å²) in [5.74, 6) is -1.46. The van der Waals surface area contributed by atoms with E-state index in [0.717, 1.165) is 6.42 Å². The number of amides is 1. The van der Waals surface area contributed by atoms with Crippen LogP contribution in [0.15, 0.2) is 0 Å². The zero-order valence-corrected chi connectivity index (χ0v) is 11.1. The van der Waals surface area contributed by atoms with Gasteiger partial charge in [0.1, 0.15) is 0 Å². The minimum Gasteiger partial charge on any atom is -0.481 e. The molecule has 1 fully saturated rings. The molecule has 0 aromatic rings. The maximum Gasteiger partial charge on any atom is 0.306 e. The molecule has 0 aromatic carbocycles. The van der Waals surface area contributed by atoms with Crippen LogP contribution in [0.3, 0.4) is 0 Å². The highest BCUT2D eigenvalue weighted by molar-refractivity contribution is 5.81. The second kappa shape index (κ2) is 6.18. The summed E-state index contributed by atoms with van der Waals surface area (Å²) in [6.07, 6.45) is 2.91. The molecule has 3 atom stereocenters. The molecule has 0 spiro atoms. The van der Waals surface area contributed by atoms with Gasteiger partial charge in [0.05, 0.1) is 5.92 Å². The monoisotopic (exact) mass is 257 g/mol. The zero-order valence-electron chi connectivity index (χ0n) is 11.1. The van der Waals surface area contributed by atoms with Crippen LogP contribution in [-0.4, -0.2) is 34.2 Å². The molecule has 0 bridgehead atoms. The highest BCUT2D eigenvalue weighted by Gasteiger charge is 2.36. The molecule has 1 aliphatic carbocycles. The molecule has 0 saturated heterocycles. The molecule has 1 rings (SSSR count). The first kappa shape index (κ1) is 15.0. The Labute approximate surface area is 108 Å². The van der Waals surface area contributed by atoms with Crippen molar-refractivity contribution in [3.8, 4) is 0 Å². The summed E-state index contributed by atoms with van der Waals surface area (Å²) in [6, 6.07) is 0. The molecule has 3 N–H and O–H groups in total. The number of carbonyl (C=O) groups is 2. The van der Waals surface area contributed by atoms with E-state index in [0.29, 0.717) is 25.7 Å². The van der Waals surface area contributed by atoms with Gasteiger partial charge in [0.2, 0.25) is 5.91 Å². The normalized spacial score (nSPS) is 26.6. The van der Waals surface area contributed by atoms with Crippen molar-refractivity contribution in [2.45, 2.75) is 51.5 Å². The van der Waals surface area contributed by atoms with Crippen LogP contribution in [0.1, 0.15) is 46.0 Å². The average Bonchev–Trinajstić information content (AvgIpc) is 2.78. The van der Waals surface area contributed by atoms with Gasteiger partial charge in [-0.2, -0.15) is 0 Å². The van der Waals surface area contributed by atoms with Crippen LogP contribution in [0.5, 0.6) is 0 Å². The lowest BCUT2D eigenvalue weighted by Crippen LogP contribution is -2.48. The lowest BCUT2D eigenvalue weighted by atomic mass is 9.93. The van der Waals surface area contributed by atoms with Crippen molar-refractivity contribution >= 4 is 11.9 Å². The topological polar surface area (TPSA) is 86.6 Å². The number of nitrogens with one attached hydrogen (secondary N) is 1. The summed E-state index contributed by atoms with van der Waals surface area (Å²) in [5.41, 5.74) is -0.396. The highest BCUT2D eigenvalue weighted by atomic mass is 16.4. The number of carboxylic acid groups (broad SMARTS) is 1. The van der Waals surface area contributed by atoms with Gasteiger partial charge in [0.15, 0.2) is 0 Å². The average molecular weight is 257 g/mol. The summed E-state index contributed by atoms with van der Waals surface area (Å²) in [4.78, 5) is 22.9. The SMILES string of the molecule is CCC(C)(CCO)NC(=O)C1CCC(C(=O)O)C1. The maximum atomic E-state index is 12.1. The third kappa shape index (κ3) is 3.70. The second-order valence-corrected chi connectivity index (χ2v) is 5.42. The number of hydrogen-bond acceptors (Lipinski definition) is 3. The van der Waals surface area contributed by atoms with E-state index in [1.807, 2.05) is 13.8 Å².